The lowest BCUT2D eigenvalue weighted by molar-refractivity contribution is -0.870. The van der Waals surface area contributed by atoms with E-state index in [4.69, 9.17) is 18.5 Å². The molecule has 0 aromatic carbocycles. The topological polar surface area (TPSA) is 131 Å². The van der Waals surface area contributed by atoms with Crippen molar-refractivity contribution in [3.05, 3.63) is 60.8 Å². The van der Waals surface area contributed by atoms with E-state index in [1.54, 1.807) is 12.2 Å². The molecule has 0 aliphatic rings. The van der Waals surface area contributed by atoms with Gasteiger partial charge < -0.3 is 33.0 Å². The quantitative estimate of drug-likeness (QED) is 0.0161. The Morgan fingerprint density at radius 1 is 0.649 bits per heavy atom. The highest BCUT2D eigenvalue weighted by Gasteiger charge is 2.22. The zero-order chi connectivity index (χ0) is 42.3. The minimum absolute atomic E-state index is 0.00647. The molecule has 3 atom stereocenters. The number of hydrogen-bond acceptors (Lipinski definition) is 9. The molecule has 0 aliphatic carbocycles. The average Bonchev–Trinajstić information content (AvgIpc) is 3.15. The van der Waals surface area contributed by atoms with Gasteiger partial charge in [-0.25, -0.2) is 0 Å². The fraction of sp³-hybridized carbons (Fsp3) is 0.739. The van der Waals surface area contributed by atoms with Crippen LogP contribution in [0.5, 0.6) is 0 Å². The Labute approximate surface area is 348 Å². The van der Waals surface area contributed by atoms with Gasteiger partial charge >= 0.3 is 11.9 Å². The first-order valence-electron chi connectivity index (χ1n) is 22.1. The molecule has 57 heavy (non-hydrogen) atoms. The fourth-order valence-electron chi connectivity index (χ4n) is 5.68. The van der Waals surface area contributed by atoms with Gasteiger partial charge in [-0.1, -0.05) is 164 Å². The Balaban J connectivity index is 4.56. The van der Waals surface area contributed by atoms with Gasteiger partial charge in [0.15, 0.2) is 6.10 Å². The van der Waals surface area contributed by atoms with Crippen LogP contribution in [-0.4, -0.2) is 81.2 Å². The molecule has 1 N–H and O–H groups in total. The monoisotopic (exact) mass is 824 g/mol. The molecule has 330 valence electrons. The number of quaternary nitrogens is 1. The van der Waals surface area contributed by atoms with Crippen LogP contribution in [0.1, 0.15) is 162 Å². The van der Waals surface area contributed by atoms with Crippen LogP contribution in [0.15, 0.2) is 60.8 Å². The standard InChI is InChI=1S/C46H82NO9P/c1-6-8-10-12-14-16-18-20-21-23-25-27-29-31-33-37-45(49)53-41-44(42-55-57(51,52)54-40-39-47(3,4)5)56-46(50)38-34-36-43(48)35-32-30-28-26-24-22-19-17-15-13-11-9-7-2/h9,11,15,17,22,24,28,30,32,35,43-44,48H,6-8,10,12-14,16,18-21,23,25-27,29,31,33-34,36-42H2,1-5H3/b11-9-,17-15-,24-22-,30-28-,35-32+. The number of allylic oxidation sites excluding steroid dienone is 9. The molecule has 0 fully saturated rings. The van der Waals surface area contributed by atoms with E-state index in [0.717, 1.165) is 44.9 Å². The number of rotatable bonds is 39. The first kappa shape index (κ1) is 54.7. The van der Waals surface area contributed by atoms with Gasteiger partial charge in [0.2, 0.25) is 0 Å². The van der Waals surface area contributed by atoms with Crippen LogP contribution in [0.3, 0.4) is 0 Å². The van der Waals surface area contributed by atoms with Crippen molar-refractivity contribution in [2.45, 2.75) is 174 Å². The molecule has 0 amide bonds. The average molecular weight is 824 g/mol. The van der Waals surface area contributed by atoms with Crippen LogP contribution in [-0.2, 0) is 32.7 Å². The number of phosphoric ester groups is 1. The summed E-state index contributed by atoms with van der Waals surface area (Å²) in [6.45, 7) is 3.88. The zero-order valence-electron chi connectivity index (χ0n) is 36.6. The molecule has 0 aliphatic heterocycles. The third-order valence-corrected chi connectivity index (χ3v) is 10.1. The van der Waals surface area contributed by atoms with Gasteiger partial charge in [0, 0.05) is 12.8 Å². The first-order valence-corrected chi connectivity index (χ1v) is 23.6. The van der Waals surface area contributed by atoms with E-state index in [2.05, 4.69) is 50.3 Å². The van der Waals surface area contributed by atoms with Crippen molar-refractivity contribution in [3.63, 3.8) is 0 Å². The summed E-state index contributed by atoms with van der Waals surface area (Å²) < 4.78 is 33.7. The largest absolute Gasteiger partial charge is 0.756 e. The smallest absolute Gasteiger partial charge is 0.306 e. The summed E-state index contributed by atoms with van der Waals surface area (Å²) >= 11 is 0. The molecule has 0 spiro atoms. The fourth-order valence-corrected chi connectivity index (χ4v) is 6.41. The van der Waals surface area contributed by atoms with E-state index in [9.17, 15) is 24.2 Å². The molecule has 0 aromatic rings. The number of likely N-dealkylation sites (N-methyl/N-ethyl adjacent to an activating group) is 1. The zero-order valence-corrected chi connectivity index (χ0v) is 37.5. The Bertz CT molecular complexity index is 1170. The highest BCUT2D eigenvalue weighted by Crippen LogP contribution is 2.38. The summed E-state index contributed by atoms with van der Waals surface area (Å²) in [5.74, 6) is -1.04. The van der Waals surface area contributed by atoms with E-state index in [1.165, 1.54) is 70.6 Å². The number of aliphatic hydroxyl groups excluding tert-OH is 1. The Hall–Kier alpha value is -2.33. The maximum absolute atomic E-state index is 12.7. The van der Waals surface area contributed by atoms with Gasteiger partial charge in [-0.3, -0.25) is 14.2 Å². The van der Waals surface area contributed by atoms with Gasteiger partial charge in [0.25, 0.3) is 7.82 Å². The van der Waals surface area contributed by atoms with Crippen molar-refractivity contribution in [3.8, 4) is 0 Å². The molecule has 0 rings (SSSR count). The summed E-state index contributed by atoms with van der Waals surface area (Å²) in [5.41, 5.74) is 0. The maximum Gasteiger partial charge on any atom is 0.306 e. The molecule has 10 nitrogen and oxygen atoms in total. The lowest BCUT2D eigenvalue weighted by Crippen LogP contribution is -2.37. The van der Waals surface area contributed by atoms with Gasteiger partial charge in [-0.2, -0.15) is 0 Å². The number of aliphatic hydroxyl groups is 1. The maximum atomic E-state index is 12.7. The van der Waals surface area contributed by atoms with Crippen molar-refractivity contribution >= 4 is 19.8 Å². The second kappa shape index (κ2) is 37.9. The molecule has 0 bridgehead atoms. The van der Waals surface area contributed by atoms with Crippen molar-refractivity contribution in [2.75, 3.05) is 47.5 Å². The summed E-state index contributed by atoms with van der Waals surface area (Å²) in [6.07, 6.45) is 41.4. The number of unbranched alkanes of at least 4 members (excludes halogenated alkanes) is 14. The van der Waals surface area contributed by atoms with E-state index in [0.29, 0.717) is 30.3 Å². The normalized spacial score (nSPS) is 14.7. The van der Waals surface area contributed by atoms with Crippen LogP contribution in [0.25, 0.3) is 0 Å². The summed E-state index contributed by atoms with van der Waals surface area (Å²) in [4.78, 5) is 37.5. The van der Waals surface area contributed by atoms with E-state index < -0.39 is 38.6 Å². The Morgan fingerprint density at radius 3 is 1.70 bits per heavy atom. The van der Waals surface area contributed by atoms with Gasteiger partial charge in [0.05, 0.1) is 33.9 Å². The third-order valence-electron chi connectivity index (χ3n) is 9.16. The SMILES string of the molecule is CC/C=C\C/C=C\C/C=C\C/C=C\C=C\C(O)CCCC(=O)OC(COC(=O)CCCCCCCCCCCCCCCCC)COP(=O)([O-])OCC[N+](C)(C)C. The van der Waals surface area contributed by atoms with E-state index in [1.807, 2.05) is 33.3 Å². The molecular formula is C46H82NO9P. The van der Waals surface area contributed by atoms with Gasteiger partial charge in [-0.15, -0.1) is 0 Å². The Kier molecular flexibility index (Phi) is 36.4. The molecule has 0 saturated heterocycles. The number of ether oxygens (including phenoxy) is 2. The third kappa shape index (κ3) is 41.6. The predicted octanol–water partition coefficient (Wildman–Crippen LogP) is 10.8. The minimum Gasteiger partial charge on any atom is -0.756 e. The van der Waals surface area contributed by atoms with Crippen LogP contribution >= 0.6 is 7.82 Å². The molecule has 0 heterocycles. The van der Waals surface area contributed by atoms with Gasteiger partial charge in [0.1, 0.15) is 19.8 Å². The van der Waals surface area contributed by atoms with E-state index >= 15 is 0 Å². The summed E-state index contributed by atoms with van der Waals surface area (Å²) in [5, 5.41) is 10.3. The minimum atomic E-state index is -4.68. The summed E-state index contributed by atoms with van der Waals surface area (Å²) in [6, 6.07) is 0. The van der Waals surface area contributed by atoms with Crippen LogP contribution in [0, 0.1) is 0 Å². The van der Waals surface area contributed by atoms with Crippen LogP contribution in [0.4, 0.5) is 0 Å². The molecule has 11 heteroatoms. The molecule has 3 unspecified atom stereocenters. The van der Waals surface area contributed by atoms with E-state index in [-0.39, 0.29) is 26.1 Å². The summed E-state index contributed by atoms with van der Waals surface area (Å²) in [7, 11) is 1.04. The first-order chi connectivity index (χ1) is 27.4. The number of carbonyl (C=O) groups is 2. The molecule has 0 aromatic heterocycles. The Morgan fingerprint density at radius 2 is 1.16 bits per heavy atom. The highest BCUT2D eigenvalue weighted by atomic mass is 31.2. The molecular weight excluding hydrogens is 741 g/mol. The lowest BCUT2D eigenvalue weighted by atomic mass is 10.0. The van der Waals surface area contributed by atoms with Crippen LogP contribution < -0.4 is 4.89 Å². The molecule has 0 saturated carbocycles. The number of esters is 2. The predicted molar refractivity (Wildman–Crippen MR) is 232 cm³/mol. The number of phosphoric acid groups is 1. The molecule has 0 radical (unpaired) electrons. The number of hydrogen-bond donors (Lipinski definition) is 1. The van der Waals surface area contributed by atoms with Crippen molar-refractivity contribution in [2.24, 2.45) is 0 Å². The van der Waals surface area contributed by atoms with Crippen molar-refractivity contribution < 1.29 is 47.2 Å². The number of nitrogens with zero attached hydrogens (tertiary/aromatic N) is 1. The number of carbonyl (C=O) groups excluding carboxylic acids is 2. The second-order valence-electron chi connectivity index (χ2n) is 15.9. The highest BCUT2D eigenvalue weighted by molar-refractivity contribution is 7.45. The lowest BCUT2D eigenvalue weighted by Gasteiger charge is -2.28. The van der Waals surface area contributed by atoms with Crippen molar-refractivity contribution in [1.82, 2.24) is 0 Å². The van der Waals surface area contributed by atoms with Crippen molar-refractivity contribution in [1.29, 1.82) is 0 Å². The van der Waals surface area contributed by atoms with Crippen LogP contribution in [0.2, 0.25) is 0 Å². The second-order valence-corrected chi connectivity index (χ2v) is 17.3. The van der Waals surface area contributed by atoms with Gasteiger partial charge in [-0.05, 0) is 44.9 Å².